The molecule has 3 aromatic rings. The number of amides is 2. The lowest BCUT2D eigenvalue weighted by molar-refractivity contribution is -0.132. The third-order valence-corrected chi connectivity index (χ3v) is 5.69. The number of carbonyl (C=O) groups is 2. The van der Waals surface area contributed by atoms with E-state index in [9.17, 15) is 14.0 Å². The molecule has 0 saturated carbocycles. The number of hydrogen-bond acceptors (Lipinski definition) is 4. The van der Waals surface area contributed by atoms with Gasteiger partial charge in [0.2, 0.25) is 5.91 Å². The second-order valence-electron chi connectivity index (χ2n) is 7.92. The summed E-state index contributed by atoms with van der Waals surface area (Å²) in [6.45, 7) is 2.44. The molecule has 0 bridgehead atoms. The van der Waals surface area contributed by atoms with Crippen LogP contribution in [0.15, 0.2) is 60.8 Å². The van der Waals surface area contributed by atoms with Crippen LogP contribution in [0.25, 0.3) is 0 Å². The zero-order valence-corrected chi connectivity index (χ0v) is 17.9. The Bertz CT molecular complexity index is 1100. The van der Waals surface area contributed by atoms with Gasteiger partial charge in [0.05, 0.1) is 17.3 Å². The number of likely N-dealkylation sites (tertiary alicyclic amines) is 1. The van der Waals surface area contributed by atoms with Crippen molar-refractivity contribution in [2.75, 3.05) is 11.9 Å². The molecular weight excluding hydrogens is 407 g/mol. The second kappa shape index (κ2) is 9.68. The van der Waals surface area contributed by atoms with Gasteiger partial charge in [-0.1, -0.05) is 30.3 Å². The van der Waals surface area contributed by atoms with Crippen LogP contribution in [0.5, 0.6) is 0 Å². The Morgan fingerprint density at radius 3 is 2.59 bits per heavy atom. The highest BCUT2D eigenvalue weighted by Crippen LogP contribution is 2.31. The van der Waals surface area contributed by atoms with Crippen molar-refractivity contribution < 1.29 is 14.0 Å². The van der Waals surface area contributed by atoms with Crippen LogP contribution in [0.2, 0.25) is 0 Å². The fraction of sp³-hybridized carbons (Fsp3) is 0.280. The van der Waals surface area contributed by atoms with Crippen molar-refractivity contribution in [3.63, 3.8) is 0 Å². The Morgan fingerprint density at radius 1 is 1.12 bits per heavy atom. The van der Waals surface area contributed by atoms with E-state index in [0.717, 1.165) is 18.4 Å². The number of nitrogens with zero attached hydrogens (tertiary/aromatic N) is 3. The molecule has 1 N–H and O–H groups in total. The highest BCUT2D eigenvalue weighted by atomic mass is 19.1. The maximum absolute atomic E-state index is 13.1. The van der Waals surface area contributed by atoms with Crippen LogP contribution in [-0.2, 0) is 11.2 Å². The lowest BCUT2D eigenvalue weighted by atomic mass is 10.1. The monoisotopic (exact) mass is 432 g/mol. The molecular formula is C25H25FN4O2. The van der Waals surface area contributed by atoms with Crippen LogP contribution in [-0.4, -0.2) is 33.2 Å². The van der Waals surface area contributed by atoms with Gasteiger partial charge in [0.15, 0.2) is 5.82 Å². The summed E-state index contributed by atoms with van der Waals surface area (Å²) in [5.41, 5.74) is 2.62. The Balaban J connectivity index is 1.42. The van der Waals surface area contributed by atoms with Crippen molar-refractivity contribution in [2.24, 2.45) is 0 Å². The van der Waals surface area contributed by atoms with Crippen LogP contribution in [0.3, 0.4) is 0 Å². The molecule has 4 rings (SSSR count). The molecule has 0 spiro atoms. The predicted molar refractivity (Wildman–Crippen MR) is 120 cm³/mol. The van der Waals surface area contributed by atoms with E-state index in [-0.39, 0.29) is 23.7 Å². The van der Waals surface area contributed by atoms with Crippen molar-refractivity contribution in [1.82, 2.24) is 14.9 Å². The molecule has 2 heterocycles. The van der Waals surface area contributed by atoms with Crippen LogP contribution < -0.4 is 5.32 Å². The third kappa shape index (κ3) is 4.99. The maximum Gasteiger partial charge on any atom is 0.259 e. The van der Waals surface area contributed by atoms with Gasteiger partial charge >= 0.3 is 0 Å². The third-order valence-electron chi connectivity index (χ3n) is 5.69. The molecule has 1 fully saturated rings. The SMILES string of the molecule is Cc1nc(C2CCCN2C(=O)CCc2ccc(F)cc2)ncc1C(=O)Nc1ccccc1. The van der Waals surface area contributed by atoms with E-state index in [4.69, 9.17) is 0 Å². The molecule has 32 heavy (non-hydrogen) atoms. The van der Waals surface area contributed by atoms with E-state index in [1.54, 1.807) is 19.1 Å². The highest BCUT2D eigenvalue weighted by Gasteiger charge is 2.32. The summed E-state index contributed by atoms with van der Waals surface area (Å²) in [6.07, 6.45) is 4.11. The Morgan fingerprint density at radius 2 is 1.88 bits per heavy atom. The molecule has 1 aliphatic rings. The van der Waals surface area contributed by atoms with Crippen molar-refractivity contribution in [3.8, 4) is 0 Å². The molecule has 1 aromatic heterocycles. The Hall–Kier alpha value is -3.61. The number of hydrogen-bond donors (Lipinski definition) is 1. The van der Waals surface area contributed by atoms with Crippen LogP contribution in [0.1, 0.15) is 52.7 Å². The van der Waals surface area contributed by atoms with E-state index >= 15 is 0 Å². The number of aryl methyl sites for hydroxylation is 2. The molecule has 1 unspecified atom stereocenters. The van der Waals surface area contributed by atoms with Gasteiger partial charge in [-0.2, -0.15) is 0 Å². The molecule has 6 nitrogen and oxygen atoms in total. The average molecular weight is 432 g/mol. The van der Waals surface area contributed by atoms with E-state index < -0.39 is 0 Å². The van der Waals surface area contributed by atoms with Crippen molar-refractivity contribution >= 4 is 17.5 Å². The molecule has 164 valence electrons. The molecule has 1 atom stereocenters. The van der Waals surface area contributed by atoms with E-state index in [1.165, 1.54) is 18.3 Å². The fourth-order valence-electron chi connectivity index (χ4n) is 3.97. The van der Waals surface area contributed by atoms with E-state index in [2.05, 4.69) is 15.3 Å². The minimum Gasteiger partial charge on any atom is -0.332 e. The molecule has 1 aliphatic heterocycles. The fourth-order valence-corrected chi connectivity index (χ4v) is 3.97. The van der Waals surface area contributed by atoms with Gasteiger partial charge in [-0.25, -0.2) is 14.4 Å². The van der Waals surface area contributed by atoms with Gasteiger partial charge in [-0.05, 0) is 56.0 Å². The minimum absolute atomic E-state index is 0.0315. The quantitative estimate of drug-likeness (QED) is 0.624. The van der Waals surface area contributed by atoms with Crippen molar-refractivity contribution in [3.05, 3.63) is 89.3 Å². The summed E-state index contributed by atoms with van der Waals surface area (Å²) >= 11 is 0. The lowest BCUT2D eigenvalue weighted by Crippen LogP contribution is -2.32. The van der Waals surface area contributed by atoms with Crippen molar-refractivity contribution in [1.29, 1.82) is 0 Å². The molecule has 0 aliphatic carbocycles. The number of benzene rings is 2. The van der Waals surface area contributed by atoms with Gasteiger partial charge in [-0.15, -0.1) is 0 Å². The second-order valence-corrected chi connectivity index (χ2v) is 7.92. The number of carbonyl (C=O) groups excluding carboxylic acids is 2. The summed E-state index contributed by atoms with van der Waals surface area (Å²) in [5.74, 6) is 0.0439. The molecule has 0 radical (unpaired) electrons. The van der Waals surface area contributed by atoms with E-state index in [1.807, 2.05) is 35.2 Å². The normalized spacial score (nSPS) is 15.6. The standard InChI is InChI=1S/C25H25FN4O2/c1-17-21(25(32)29-20-6-3-2-4-7-20)16-27-24(28-17)22-8-5-15-30(22)23(31)14-11-18-9-12-19(26)13-10-18/h2-4,6-7,9-10,12-13,16,22H,5,8,11,14-15H2,1H3,(H,29,32). The molecule has 2 amide bonds. The van der Waals surface area contributed by atoms with E-state index in [0.29, 0.717) is 42.2 Å². The lowest BCUT2D eigenvalue weighted by Gasteiger charge is -2.24. The number of aromatic nitrogens is 2. The van der Waals surface area contributed by atoms with Crippen LogP contribution in [0.4, 0.5) is 10.1 Å². The molecule has 1 saturated heterocycles. The smallest absolute Gasteiger partial charge is 0.259 e. The average Bonchev–Trinajstić information content (AvgIpc) is 3.29. The Kier molecular flexibility index (Phi) is 6.54. The zero-order chi connectivity index (χ0) is 22.5. The van der Waals surface area contributed by atoms with Gasteiger partial charge < -0.3 is 10.2 Å². The van der Waals surface area contributed by atoms with Gasteiger partial charge in [-0.3, -0.25) is 9.59 Å². The maximum atomic E-state index is 13.1. The van der Waals surface area contributed by atoms with Gasteiger partial charge in [0, 0.05) is 24.8 Å². The highest BCUT2D eigenvalue weighted by molar-refractivity contribution is 6.04. The predicted octanol–water partition coefficient (Wildman–Crippen LogP) is 4.47. The summed E-state index contributed by atoms with van der Waals surface area (Å²) < 4.78 is 13.1. The number of nitrogens with one attached hydrogen (secondary N) is 1. The zero-order valence-electron chi connectivity index (χ0n) is 17.9. The number of para-hydroxylation sites is 1. The first-order valence-electron chi connectivity index (χ1n) is 10.7. The summed E-state index contributed by atoms with van der Waals surface area (Å²) in [5, 5.41) is 2.84. The van der Waals surface area contributed by atoms with Crippen LogP contribution >= 0.6 is 0 Å². The largest absolute Gasteiger partial charge is 0.332 e. The topological polar surface area (TPSA) is 75.2 Å². The molecule has 2 aromatic carbocycles. The van der Waals surface area contributed by atoms with Crippen molar-refractivity contribution in [2.45, 2.75) is 38.6 Å². The number of rotatable bonds is 6. The minimum atomic E-state index is -0.284. The first-order chi connectivity index (χ1) is 15.5. The summed E-state index contributed by atoms with van der Waals surface area (Å²) in [7, 11) is 0. The number of anilines is 1. The summed E-state index contributed by atoms with van der Waals surface area (Å²) in [6, 6.07) is 15.2. The first-order valence-corrected chi connectivity index (χ1v) is 10.7. The number of halogens is 1. The molecule has 7 heteroatoms. The first kappa shape index (κ1) is 21.6. The van der Waals surface area contributed by atoms with Crippen LogP contribution in [0, 0.1) is 12.7 Å². The van der Waals surface area contributed by atoms with Gasteiger partial charge in [0.1, 0.15) is 5.82 Å². The summed E-state index contributed by atoms with van der Waals surface area (Å²) in [4.78, 5) is 36.3. The van der Waals surface area contributed by atoms with Gasteiger partial charge in [0.25, 0.3) is 5.91 Å². The Labute approximate surface area is 186 Å².